The van der Waals surface area contributed by atoms with Gasteiger partial charge in [0.05, 0.1) is 0 Å². The van der Waals surface area contributed by atoms with Crippen LogP contribution in [0.1, 0.15) is 52.4 Å². The summed E-state index contributed by atoms with van der Waals surface area (Å²) in [7, 11) is 0. The van der Waals surface area contributed by atoms with Crippen LogP contribution in [0.25, 0.3) is 0 Å². The molecule has 1 nitrogen and oxygen atoms in total. The Kier molecular flexibility index (Phi) is 2.45. The minimum Gasteiger partial charge on any atom is -1.00 e. The van der Waals surface area contributed by atoms with Crippen LogP contribution in [-0.2, 0) is 0 Å². The first-order valence-electron chi connectivity index (χ1n) is 6.17. The van der Waals surface area contributed by atoms with Crippen LogP contribution in [-0.4, -0.2) is 6.54 Å². The maximum absolute atomic E-state index is 6.05. The summed E-state index contributed by atoms with van der Waals surface area (Å²) in [6, 6.07) is 0. The van der Waals surface area contributed by atoms with Crippen molar-refractivity contribution in [3.8, 4) is 0 Å². The summed E-state index contributed by atoms with van der Waals surface area (Å²) in [4.78, 5) is 0. The Balaban J connectivity index is 0.000000853. The highest BCUT2D eigenvalue weighted by molar-refractivity contribution is 5.10. The molecule has 4 bridgehead atoms. The standard InChI is InChI=1S/C13H23N.ClH/c1-11-3-10-4-12(2,6-11)8-13(5-10,7-11)9-14;/h10H,3-9,14H2,1-2H3;1H/p-1. The van der Waals surface area contributed by atoms with E-state index in [1.165, 1.54) is 38.5 Å². The number of rotatable bonds is 1. The molecule has 0 amide bonds. The van der Waals surface area contributed by atoms with Gasteiger partial charge in [0.25, 0.3) is 0 Å². The van der Waals surface area contributed by atoms with Crippen LogP contribution < -0.4 is 18.1 Å². The van der Waals surface area contributed by atoms with Gasteiger partial charge in [0.15, 0.2) is 0 Å². The molecule has 88 valence electrons. The molecule has 0 heterocycles. The molecule has 0 spiro atoms. The average molecular weight is 229 g/mol. The van der Waals surface area contributed by atoms with E-state index in [2.05, 4.69) is 13.8 Å². The third kappa shape index (κ3) is 1.63. The fraction of sp³-hybridized carbons (Fsp3) is 1.00. The fourth-order valence-corrected chi connectivity index (χ4v) is 5.91. The summed E-state index contributed by atoms with van der Waals surface area (Å²) >= 11 is 0. The van der Waals surface area contributed by atoms with Gasteiger partial charge in [-0.1, -0.05) is 13.8 Å². The highest BCUT2D eigenvalue weighted by atomic mass is 35.5. The zero-order valence-corrected chi connectivity index (χ0v) is 10.7. The number of hydrogen-bond acceptors (Lipinski definition) is 1. The maximum atomic E-state index is 6.05. The zero-order chi connectivity index (χ0) is 10.0. The summed E-state index contributed by atoms with van der Waals surface area (Å²) in [5.74, 6) is 1.00. The SMILES string of the molecule is CC12CC3CC(C)(C1)CC(CN)(C3)C2.[Cl-]. The van der Waals surface area contributed by atoms with Crippen molar-refractivity contribution in [2.45, 2.75) is 52.4 Å². The maximum Gasteiger partial charge on any atom is -0.00200 e. The molecular weight excluding hydrogens is 206 g/mol. The molecule has 0 aromatic rings. The fourth-order valence-electron chi connectivity index (χ4n) is 5.91. The molecule has 0 aliphatic heterocycles. The third-order valence-electron chi connectivity index (χ3n) is 5.17. The van der Waals surface area contributed by atoms with E-state index < -0.39 is 0 Å². The van der Waals surface area contributed by atoms with Gasteiger partial charge in [0.2, 0.25) is 0 Å². The van der Waals surface area contributed by atoms with Crippen molar-refractivity contribution < 1.29 is 12.4 Å². The zero-order valence-electron chi connectivity index (χ0n) is 9.98. The summed E-state index contributed by atoms with van der Waals surface area (Å²) in [5, 5.41) is 0. The molecule has 4 aliphatic rings. The van der Waals surface area contributed by atoms with Crippen LogP contribution in [0, 0.1) is 22.2 Å². The highest BCUT2D eigenvalue weighted by Crippen LogP contribution is 2.69. The average Bonchev–Trinajstić information content (AvgIpc) is 1.97. The van der Waals surface area contributed by atoms with Crippen molar-refractivity contribution in [3.05, 3.63) is 0 Å². The van der Waals surface area contributed by atoms with Gasteiger partial charge in [-0.3, -0.25) is 0 Å². The smallest absolute Gasteiger partial charge is 0.00200 e. The monoisotopic (exact) mass is 228 g/mol. The Bertz CT molecular complexity index is 258. The molecule has 0 saturated heterocycles. The quantitative estimate of drug-likeness (QED) is 0.669. The van der Waals surface area contributed by atoms with E-state index in [4.69, 9.17) is 5.73 Å². The van der Waals surface area contributed by atoms with E-state index in [9.17, 15) is 0 Å². The minimum atomic E-state index is 0. The second-order valence-corrected chi connectivity index (χ2v) is 7.33. The molecular formula is C13H23ClN-. The Morgan fingerprint density at radius 2 is 1.53 bits per heavy atom. The van der Waals surface area contributed by atoms with E-state index in [1.807, 2.05) is 0 Å². The molecule has 2 N–H and O–H groups in total. The van der Waals surface area contributed by atoms with Gasteiger partial charge in [0.1, 0.15) is 0 Å². The lowest BCUT2D eigenvalue weighted by molar-refractivity contribution is -0.140. The van der Waals surface area contributed by atoms with E-state index in [-0.39, 0.29) is 12.4 Å². The summed E-state index contributed by atoms with van der Waals surface area (Å²) < 4.78 is 0. The Labute approximate surface area is 99.6 Å². The molecule has 4 saturated carbocycles. The lowest BCUT2D eigenvalue weighted by Crippen LogP contribution is -3.00. The molecule has 2 atom stereocenters. The topological polar surface area (TPSA) is 26.0 Å². The number of halogens is 1. The molecule has 4 fully saturated rings. The van der Waals surface area contributed by atoms with Crippen LogP contribution in [0.3, 0.4) is 0 Å². The van der Waals surface area contributed by atoms with E-state index >= 15 is 0 Å². The third-order valence-corrected chi connectivity index (χ3v) is 5.17. The molecule has 0 radical (unpaired) electrons. The first-order valence-corrected chi connectivity index (χ1v) is 6.17. The summed E-state index contributed by atoms with van der Waals surface area (Å²) in [6.45, 7) is 5.97. The van der Waals surface area contributed by atoms with Crippen molar-refractivity contribution in [1.82, 2.24) is 0 Å². The first-order chi connectivity index (χ1) is 6.47. The van der Waals surface area contributed by atoms with E-state index in [0.717, 1.165) is 12.5 Å². The van der Waals surface area contributed by atoms with Crippen LogP contribution in [0.15, 0.2) is 0 Å². The van der Waals surface area contributed by atoms with Gasteiger partial charge in [-0.25, -0.2) is 0 Å². The van der Waals surface area contributed by atoms with Crippen LogP contribution >= 0.6 is 0 Å². The van der Waals surface area contributed by atoms with Crippen molar-refractivity contribution in [3.63, 3.8) is 0 Å². The van der Waals surface area contributed by atoms with Gasteiger partial charge in [-0.2, -0.15) is 0 Å². The molecule has 15 heavy (non-hydrogen) atoms. The van der Waals surface area contributed by atoms with Gasteiger partial charge in [-0.15, -0.1) is 0 Å². The van der Waals surface area contributed by atoms with Crippen molar-refractivity contribution in [2.75, 3.05) is 6.54 Å². The molecule has 0 aromatic carbocycles. The predicted molar refractivity (Wildman–Crippen MR) is 58.9 cm³/mol. The van der Waals surface area contributed by atoms with Gasteiger partial charge in [-0.05, 0) is 67.2 Å². The molecule has 2 unspecified atom stereocenters. The molecule has 0 aromatic heterocycles. The second-order valence-electron chi connectivity index (χ2n) is 7.33. The van der Waals surface area contributed by atoms with Crippen molar-refractivity contribution >= 4 is 0 Å². The summed E-state index contributed by atoms with van der Waals surface area (Å²) in [6.07, 6.45) is 8.73. The Hall–Kier alpha value is 0.250. The predicted octanol–water partition coefficient (Wildman–Crippen LogP) is -0.0543. The lowest BCUT2D eigenvalue weighted by atomic mass is 9.40. The second kappa shape index (κ2) is 3.13. The first kappa shape index (κ1) is 11.7. The van der Waals surface area contributed by atoms with Crippen LogP contribution in [0.5, 0.6) is 0 Å². The van der Waals surface area contributed by atoms with Gasteiger partial charge in [0, 0.05) is 0 Å². The Morgan fingerprint density at radius 3 is 1.93 bits per heavy atom. The molecule has 4 rings (SSSR count). The van der Waals surface area contributed by atoms with Crippen molar-refractivity contribution in [1.29, 1.82) is 0 Å². The minimum absolute atomic E-state index is 0. The largest absolute Gasteiger partial charge is 1.00 e. The van der Waals surface area contributed by atoms with E-state index in [0.29, 0.717) is 16.2 Å². The normalized spacial score (nSPS) is 56.6. The van der Waals surface area contributed by atoms with Gasteiger partial charge < -0.3 is 18.1 Å². The lowest BCUT2D eigenvalue weighted by Gasteiger charge is -2.65. The van der Waals surface area contributed by atoms with Crippen molar-refractivity contribution in [2.24, 2.45) is 27.9 Å². The highest BCUT2D eigenvalue weighted by Gasteiger charge is 2.59. The van der Waals surface area contributed by atoms with Crippen LogP contribution in [0.2, 0.25) is 0 Å². The van der Waals surface area contributed by atoms with Crippen LogP contribution in [0.4, 0.5) is 0 Å². The van der Waals surface area contributed by atoms with Gasteiger partial charge >= 0.3 is 0 Å². The van der Waals surface area contributed by atoms with E-state index in [1.54, 1.807) is 0 Å². The molecule has 2 heteroatoms. The summed E-state index contributed by atoms with van der Waals surface area (Å²) in [5.41, 5.74) is 7.88. The number of nitrogens with two attached hydrogens (primary N) is 1. The number of hydrogen-bond donors (Lipinski definition) is 1. The Morgan fingerprint density at radius 1 is 1.00 bits per heavy atom. The molecule has 4 aliphatic carbocycles.